The van der Waals surface area contributed by atoms with Crippen LogP contribution in [0.4, 0.5) is 0 Å². The summed E-state index contributed by atoms with van der Waals surface area (Å²) in [7, 11) is -4.31. The Balaban J connectivity index is 0.00000121. The van der Waals surface area contributed by atoms with Crippen LogP contribution in [0.1, 0.15) is 0 Å². The third-order valence-electron chi connectivity index (χ3n) is 1.08. The van der Waals surface area contributed by atoms with E-state index >= 15 is 0 Å². The Morgan fingerprint density at radius 2 is 1.92 bits per heavy atom. The fraction of sp³-hybridized carbons (Fsp3) is 0. The van der Waals surface area contributed by atoms with Crippen LogP contribution in [0.2, 0.25) is 0 Å². The number of hydrogen-bond donors (Lipinski definition) is 0. The maximum Gasteiger partial charge on any atom is 1.00 e. The zero-order chi connectivity index (χ0) is 8.48. The van der Waals surface area contributed by atoms with Crippen LogP contribution in [0.15, 0.2) is 33.6 Å². The largest absolute Gasteiger partial charge is 1.00 e. The second kappa shape index (κ2) is 4.45. The number of rotatable bonds is 1. The van der Waals surface area contributed by atoms with Gasteiger partial charge < -0.3 is 4.55 Å². The molecule has 0 spiro atoms. The van der Waals surface area contributed by atoms with Crippen LogP contribution in [0.3, 0.4) is 0 Å². The molecule has 0 aliphatic heterocycles. The van der Waals surface area contributed by atoms with Crippen molar-refractivity contribution in [3.05, 3.63) is 28.7 Å². The predicted molar refractivity (Wildman–Crippen MR) is 42.1 cm³/mol. The van der Waals surface area contributed by atoms with Crippen LogP contribution < -0.4 is 18.9 Å². The van der Waals surface area contributed by atoms with Gasteiger partial charge in [0.05, 0.1) is 4.90 Å². The fourth-order valence-electron chi connectivity index (χ4n) is 0.623. The maximum atomic E-state index is 10.4. The van der Waals surface area contributed by atoms with E-state index < -0.39 is 10.1 Å². The first-order valence-corrected chi connectivity index (χ1v) is 4.92. The van der Waals surface area contributed by atoms with Gasteiger partial charge in [-0.05, 0) is 18.2 Å². The van der Waals surface area contributed by atoms with Crippen LogP contribution in [-0.2, 0) is 10.1 Å². The molecule has 0 heterocycles. The molecule has 1 rings (SSSR count). The summed E-state index contributed by atoms with van der Waals surface area (Å²) in [5.41, 5.74) is 0. The van der Waals surface area contributed by atoms with E-state index in [9.17, 15) is 13.0 Å². The van der Waals surface area contributed by atoms with Crippen LogP contribution >= 0.6 is 15.9 Å². The van der Waals surface area contributed by atoms with Gasteiger partial charge in [-0.15, -0.1) is 0 Å². The molecule has 12 heavy (non-hydrogen) atoms. The SMILES string of the molecule is O=S(=O)([O-])c1cccc(Br)c1.[Li+]. The molecule has 0 unspecified atom stereocenters. The van der Waals surface area contributed by atoms with Crippen molar-refractivity contribution in [3.63, 3.8) is 0 Å². The molecule has 0 saturated carbocycles. The molecule has 1 aromatic carbocycles. The van der Waals surface area contributed by atoms with Crippen molar-refractivity contribution in [2.24, 2.45) is 0 Å². The first-order valence-electron chi connectivity index (χ1n) is 2.71. The molecule has 0 atom stereocenters. The average Bonchev–Trinajstić information content (AvgIpc) is 1.86. The Labute approximate surface area is 91.2 Å². The Hall–Kier alpha value is 0.207. The molecule has 0 aromatic heterocycles. The van der Waals surface area contributed by atoms with Gasteiger partial charge in [-0.1, -0.05) is 22.0 Å². The van der Waals surface area contributed by atoms with E-state index in [4.69, 9.17) is 0 Å². The van der Waals surface area contributed by atoms with Crippen LogP contribution in [0, 0.1) is 0 Å². The van der Waals surface area contributed by atoms with Crippen LogP contribution in [-0.4, -0.2) is 13.0 Å². The van der Waals surface area contributed by atoms with E-state index in [0.29, 0.717) is 4.47 Å². The maximum absolute atomic E-state index is 10.4. The minimum Gasteiger partial charge on any atom is -0.744 e. The van der Waals surface area contributed by atoms with Crippen LogP contribution in [0.25, 0.3) is 0 Å². The van der Waals surface area contributed by atoms with E-state index in [1.165, 1.54) is 18.2 Å². The van der Waals surface area contributed by atoms with E-state index in [-0.39, 0.29) is 23.8 Å². The Morgan fingerprint density at radius 1 is 1.33 bits per heavy atom. The van der Waals surface area contributed by atoms with Gasteiger partial charge >= 0.3 is 18.9 Å². The first-order chi connectivity index (χ1) is 5.00. The van der Waals surface area contributed by atoms with E-state index in [1.807, 2.05) is 0 Å². The second-order valence-electron chi connectivity index (χ2n) is 1.91. The monoisotopic (exact) mass is 242 g/mol. The first kappa shape index (κ1) is 12.2. The van der Waals surface area contributed by atoms with E-state index in [1.54, 1.807) is 6.07 Å². The molecule has 0 N–H and O–H groups in total. The summed E-state index contributed by atoms with van der Waals surface area (Å²) in [5, 5.41) is 0. The summed E-state index contributed by atoms with van der Waals surface area (Å²) < 4.78 is 31.8. The quantitative estimate of drug-likeness (QED) is 0.439. The second-order valence-corrected chi connectivity index (χ2v) is 4.21. The number of hydrogen-bond acceptors (Lipinski definition) is 3. The zero-order valence-electron chi connectivity index (χ0n) is 6.32. The zero-order valence-corrected chi connectivity index (χ0v) is 8.72. The van der Waals surface area contributed by atoms with Crippen molar-refractivity contribution in [2.75, 3.05) is 0 Å². The summed E-state index contributed by atoms with van der Waals surface area (Å²) in [4.78, 5) is -0.216. The van der Waals surface area contributed by atoms with Gasteiger partial charge in [-0.25, -0.2) is 8.42 Å². The molecule has 0 fully saturated rings. The molecule has 0 aliphatic rings. The summed E-state index contributed by atoms with van der Waals surface area (Å²) in [6, 6.07) is 5.67. The van der Waals surface area contributed by atoms with Gasteiger partial charge in [-0.2, -0.15) is 0 Å². The summed E-state index contributed by atoms with van der Waals surface area (Å²) in [6.45, 7) is 0. The van der Waals surface area contributed by atoms with E-state index in [0.717, 1.165) is 0 Å². The summed E-state index contributed by atoms with van der Waals surface area (Å²) >= 11 is 3.05. The molecular formula is C6H4BrLiO3S. The minimum atomic E-state index is -4.31. The summed E-state index contributed by atoms with van der Waals surface area (Å²) in [5.74, 6) is 0. The molecule has 3 nitrogen and oxygen atoms in total. The third-order valence-corrected chi connectivity index (χ3v) is 2.41. The van der Waals surface area contributed by atoms with Gasteiger partial charge in [0, 0.05) is 4.47 Å². The van der Waals surface area contributed by atoms with Gasteiger partial charge in [0.1, 0.15) is 10.1 Å². The molecular weight excluding hydrogens is 239 g/mol. The minimum absolute atomic E-state index is 0. The molecule has 6 heteroatoms. The van der Waals surface area contributed by atoms with Crippen molar-refractivity contribution in [2.45, 2.75) is 4.90 Å². The Bertz CT molecular complexity index is 363. The van der Waals surface area contributed by atoms with Crippen molar-refractivity contribution in [1.82, 2.24) is 0 Å². The molecule has 1 aromatic rings. The number of benzene rings is 1. The van der Waals surface area contributed by atoms with E-state index in [2.05, 4.69) is 15.9 Å². The Kier molecular flexibility index (Phi) is 4.52. The van der Waals surface area contributed by atoms with Gasteiger partial charge in [0.2, 0.25) is 0 Å². The van der Waals surface area contributed by atoms with Crippen molar-refractivity contribution in [3.8, 4) is 0 Å². The summed E-state index contributed by atoms with van der Waals surface area (Å²) in [6.07, 6.45) is 0. The standard InChI is InChI=1S/C6H5BrO3S.Li/c7-5-2-1-3-6(4-5)11(8,9)10;/h1-4H,(H,8,9,10);/q;+1/p-1. The van der Waals surface area contributed by atoms with Crippen molar-refractivity contribution < 1.29 is 31.8 Å². The van der Waals surface area contributed by atoms with Crippen molar-refractivity contribution >= 4 is 26.0 Å². The normalized spacial score (nSPS) is 10.5. The predicted octanol–water partition coefficient (Wildman–Crippen LogP) is -1.64. The van der Waals surface area contributed by atoms with Crippen LogP contribution in [0.5, 0.6) is 0 Å². The third kappa shape index (κ3) is 3.29. The number of halogens is 1. The fourth-order valence-corrected chi connectivity index (χ4v) is 1.69. The smallest absolute Gasteiger partial charge is 0.744 e. The Morgan fingerprint density at radius 3 is 2.25 bits per heavy atom. The molecule has 0 aliphatic carbocycles. The molecule has 60 valence electrons. The topological polar surface area (TPSA) is 57.2 Å². The molecule has 0 saturated heterocycles. The molecule has 0 radical (unpaired) electrons. The molecule has 0 bridgehead atoms. The average molecular weight is 243 g/mol. The van der Waals surface area contributed by atoms with Gasteiger partial charge in [-0.3, -0.25) is 0 Å². The van der Waals surface area contributed by atoms with Gasteiger partial charge in [0.15, 0.2) is 0 Å². The van der Waals surface area contributed by atoms with Gasteiger partial charge in [0.25, 0.3) is 0 Å². The van der Waals surface area contributed by atoms with Crippen molar-refractivity contribution in [1.29, 1.82) is 0 Å². The molecule has 0 amide bonds.